The molecular weight excluding hydrogens is 1100 g/mol. The first-order valence-electron chi connectivity index (χ1n) is 25.3. The molecule has 4 aromatic carbocycles. The van der Waals surface area contributed by atoms with Gasteiger partial charge in [-0.15, -0.1) is 0 Å². The molecule has 0 aliphatic heterocycles. The van der Waals surface area contributed by atoms with Gasteiger partial charge < -0.3 is 65.7 Å². The SMILES string of the molecule is CNC(=O)c1ccccc1Nc1nc(Nc2cc(N)ccc2OC)nc2c1c(Cl)cn2COCC[Si](C)(C)C.CNC(=O)c1ccccc1Nc1nc(Nc2cc([N+](=O)[O-])ccc2OC)nc2c1c(Cl)cn2COCC[Si](C)(C)C. The van der Waals surface area contributed by atoms with Gasteiger partial charge in [0.1, 0.15) is 36.6 Å². The van der Waals surface area contributed by atoms with Crippen molar-refractivity contribution in [1.82, 2.24) is 39.7 Å². The van der Waals surface area contributed by atoms with E-state index in [1.165, 1.54) is 25.3 Å². The third-order valence-electron chi connectivity index (χ3n) is 12.2. The molecule has 0 aliphatic carbocycles. The van der Waals surface area contributed by atoms with Gasteiger partial charge in [0.2, 0.25) is 11.9 Å². The molecule has 0 aliphatic rings. The van der Waals surface area contributed by atoms with Crippen molar-refractivity contribution in [3.63, 3.8) is 0 Å². The number of hydrogen-bond acceptors (Lipinski definition) is 17. The number of nitro benzene ring substituents is 1. The molecule has 26 heteroatoms. The zero-order chi connectivity index (χ0) is 57.9. The Hall–Kier alpha value is -8.01. The standard InChI is InChI=1S/C27H32ClN7O5Si.C27H34ClN7O3Si/c1-29-26(36)18-8-6-7-9-20(18)30-24-23-19(28)15-34(16-40-12-13-41(3,4)5)25(23)33-27(32-24)31-21-14-17(35(37)38)10-11-22(21)39-2;1-30-26(36)18-8-6-7-9-20(18)31-24-23-19(28)15-35(16-38-12-13-39(3,4)5)25(23)34-27(33-24)32-21-14-17(29)10-11-22(21)37-2/h6-11,14-15H,12-13,16H2,1-5H3,(H,29,36)(H2,30,31,32,33);6-11,14-15H,12-13,16,29H2,1-5H3,(H,30,36)(H2,31,32,33,34). The van der Waals surface area contributed by atoms with Crippen LogP contribution in [0.2, 0.25) is 61.4 Å². The Morgan fingerprint density at radius 2 is 1.04 bits per heavy atom. The first-order valence-corrected chi connectivity index (χ1v) is 33.5. The van der Waals surface area contributed by atoms with E-state index in [-0.39, 0.29) is 42.9 Å². The molecule has 4 heterocycles. The van der Waals surface area contributed by atoms with Crippen LogP contribution in [0.1, 0.15) is 20.7 Å². The number of fused-ring (bicyclic) bond motifs is 2. The Bertz CT molecular complexity index is 3530. The highest BCUT2D eigenvalue weighted by molar-refractivity contribution is 6.76. The number of carbonyl (C=O) groups excluding carboxylic acids is 2. The summed E-state index contributed by atoms with van der Waals surface area (Å²) in [4.78, 5) is 54.8. The van der Waals surface area contributed by atoms with E-state index in [1.807, 2.05) is 10.6 Å². The van der Waals surface area contributed by atoms with Crippen molar-refractivity contribution < 1.29 is 33.5 Å². The molecule has 0 unspecified atom stereocenters. The van der Waals surface area contributed by atoms with Crippen molar-refractivity contribution in [2.24, 2.45) is 0 Å². The van der Waals surface area contributed by atoms with Gasteiger partial charge in [-0.3, -0.25) is 19.7 Å². The smallest absolute Gasteiger partial charge is 0.271 e. The van der Waals surface area contributed by atoms with Crippen molar-refractivity contribution in [3.8, 4) is 11.5 Å². The van der Waals surface area contributed by atoms with E-state index < -0.39 is 21.1 Å². The molecule has 4 aromatic heterocycles. The van der Waals surface area contributed by atoms with Crippen LogP contribution >= 0.6 is 23.2 Å². The number of nitrogen functional groups attached to an aromatic ring is 1. The number of para-hydroxylation sites is 2. The van der Waals surface area contributed by atoms with Crippen LogP contribution in [0, 0.1) is 10.1 Å². The van der Waals surface area contributed by atoms with Gasteiger partial charge in [-0.25, -0.2) is 0 Å². The summed E-state index contributed by atoms with van der Waals surface area (Å²) in [5.41, 5.74) is 10.3. The number of nitrogens with two attached hydrogens (primary N) is 1. The van der Waals surface area contributed by atoms with Crippen LogP contribution in [0.4, 0.5) is 57.7 Å². The highest BCUT2D eigenvalue weighted by Crippen LogP contribution is 2.38. The third-order valence-corrected chi connectivity index (χ3v) is 16.2. The fourth-order valence-corrected chi connectivity index (χ4v) is 10.0. The zero-order valence-electron chi connectivity index (χ0n) is 46.2. The molecule has 0 radical (unpaired) electrons. The van der Waals surface area contributed by atoms with Gasteiger partial charge in [0, 0.05) is 73.7 Å². The Morgan fingerprint density at radius 1 is 0.613 bits per heavy atom. The molecule has 0 bridgehead atoms. The number of aromatic nitrogens is 6. The molecule has 2 amide bonds. The number of hydrogen-bond donors (Lipinski definition) is 7. The minimum atomic E-state index is -1.29. The summed E-state index contributed by atoms with van der Waals surface area (Å²) in [6.07, 6.45) is 3.49. The molecule has 422 valence electrons. The molecule has 8 rings (SSSR count). The number of rotatable bonds is 23. The van der Waals surface area contributed by atoms with E-state index in [0.29, 0.717) is 108 Å². The van der Waals surface area contributed by atoms with Crippen molar-refractivity contribution in [2.75, 3.05) is 68.5 Å². The van der Waals surface area contributed by atoms with E-state index in [0.717, 1.165) is 12.1 Å². The van der Waals surface area contributed by atoms with Crippen LogP contribution in [-0.4, -0.2) is 103 Å². The lowest BCUT2D eigenvalue weighted by molar-refractivity contribution is -0.384. The number of nitrogens with zero attached hydrogens (tertiary/aromatic N) is 7. The van der Waals surface area contributed by atoms with E-state index in [9.17, 15) is 19.7 Å². The molecule has 0 spiro atoms. The Morgan fingerprint density at radius 3 is 1.45 bits per heavy atom. The van der Waals surface area contributed by atoms with Gasteiger partial charge in [0.25, 0.3) is 17.5 Å². The van der Waals surface area contributed by atoms with E-state index in [4.69, 9.17) is 57.9 Å². The number of nitrogens with one attached hydrogen (secondary N) is 6. The highest BCUT2D eigenvalue weighted by atomic mass is 35.5. The van der Waals surface area contributed by atoms with Crippen molar-refractivity contribution in [1.29, 1.82) is 0 Å². The molecule has 0 saturated carbocycles. The Labute approximate surface area is 475 Å². The number of methoxy groups -OCH3 is 2. The predicted octanol–water partition coefficient (Wildman–Crippen LogP) is 12.0. The van der Waals surface area contributed by atoms with E-state index >= 15 is 0 Å². The van der Waals surface area contributed by atoms with Crippen LogP contribution in [0.3, 0.4) is 0 Å². The predicted molar refractivity (Wildman–Crippen MR) is 323 cm³/mol. The number of nitro groups is 1. The summed E-state index contributed by atoms with van der Waals surface area (Å²) in [6.45, 7) is 15.5. The van der Waals surface area contributed by atoms with Gasteiger partial charge in [-0.2, -0.15) is 19.9 Å². The first kappa shape index (κ1) is 59.7. The monoisotopic (exact) mass is 1160 g/mol. The maximum absolute atomic E-state index is 12.5. The molecule has 22 nitrogen and oxygen atoms in total. The van der Waals surface area contributed by atoms with Gasteiger partial charge in [-0.05, 0) is 60.6 Å². The second kappa shape index (κ2) is 26.3. The third kappa shape index (κ3) is 15.2. The van der Waals surface area contributed by atoms with Crippen molar-refractivity contribution in [3.05, 3.63) is 129 Å². The van der Waals surface area contributed by atoms with E-state index in [2.05, 4.69) is 81.2 Å². The summed E-state index contributed by atoms with van der Waals surface area (Å²) in [5.74, 6) is 1.58. The minimum absolute atomic E-state index is 0.120. The second-order valence-corrected chi connectivity index (χ2v) is 32.7. The molecule has 0 atom stereocenters. The molecular formula is C54H66Cl2N14O8Si2. The van der Waals surface area contributed by atoms with Crippen LogP contribution in [-0.2, 0) is 22.9 Å². The average Bonchev–Trinajstić information content (AvgIpc) is 4.11. The number of halogens is 2. The van der Waals surface area contributed by atoms with Crippen LogP contribution in [0.15, 0.2) is 97.3 Å². The summed E-state index contributed by atoms with van der Waals surface area (Å²) in [6, 6.07) is 25.6. The number of benzene rings is 4. The summed E-state index contributed by atoms with van der Waals surface area (Å²) < 4.78 is 26.5. The molecule has 8 aromatic rings. The lowest BCUT2D eigenvalue weighted by Gasteiger charge is -2.16. The fourth-order valence-electron chi connectivity index (χ4n) is 7.93. The van der Waals surface area contributed by atoms with Crippen LogP contribution in [0.5, 0.6) is 11.5 Å². The van der Waals surface area contributed by atoms with Crippen LogP contribution < -0.4 is 47.1 Å². The number of ether oxygens (including phenoxy) is 4. The van der Waals surface area contributed by atoms with Crippen molar-refractivity contribution >= 4 is 131 Å². The molecule has 0 saturated heterocycles. The zero-order valence-corrected chi connectivity index (χ0v) is 49.7. The number of amides is 2. The van der Waals surface area contributed by atoms with Gasteiger partial charge in [-0.1, -0.05) is 86.7 Å². The topological polar surface area (TPSA) is 274 Å². The second-order valence-electron chi connectivity index (χ2n) is 20.6. The normalized spacial score (nSPS) is 11.4. The van der Waals surface area contributed by atoms with Crippen LogP contribution in [0.25, 0.3) is 22.1 Å². The first-order chi connectivity index (χ1) is 38.1. The Kier molecular flexibility index (Phi) is 19.6. The van der Waals surface area contributed by atoms with Gasteiger partial charge in [0.05, 0.1) is 73.8 Å². The maximum atomic E-state index is 12.5. The molecule has 0 fully saturated rings. The quantitative estimate of drug-likeness (QED) is 0.0103. The summed E-state index contributed by atoms with van der Waals surface area (Å²) in [5, 5.41) is 31.5. The highest BCUT2D eigenvalue weighted by Gasteiger charge is 2.23. The maximum Gasteiger partial charge on any atom is 0.271 e. The largest absolute Gasteiger partial charge is 0.495 e. The van der Waals surface area contributed by atoms with Gasteiger partial charge >= 0.3 is 0 Å². The molecule has 8 N–H and O–H groups in total. The number of anilines is 9. The minimum Gasteiger partial charge on any atom is -0.495 e. The summed E-state index contributed by atoms with van der Waals surface area (Å²) >= 11 is 13.4. The fraction of sp³-hybridized carbons (Fsp3) is 0.296. The summed E-state index contributed by atoms with van der Waals surface area (Å²) in [7, 11) is 3.65. The lowest BCUT2D eigenvalue weighted by Crippen LogP contribution is -2.22. The number of non-ortho nitro benzene ring substituents is 1. The lowest BCUT2D eigenvalue weighted by atomic mass is 10.1. The van der Waals surface area contributed by atoms with Gasteiger partial charge in [0.15, 0.2) is 11.3 Å². The molecule has 80 heavy (non-hydrogen) atoms. The van der Waals surface area contributed by atoms with E-state index in [1.54, 1.807) is 98.8 Å². The average molecular weight is 1170 g/mol. The Balaban J connectivity index is 0.000000231. The number of carbonyl (C=O) groups is 2. The van der Waals surface area contributed by atoms with Crippen molar-refractivity contribution in [2.45, 2.75) is 64.8 Å².